The van der Waals surface area contributed by atoms with Crippen LogP contribution in [0.25, 0.3) is 0 Å². The first-order valence-electron chi connectivity index (χ1n) is 11.6. The highest BCUT2D eigenvalue weighted by atomic mass is 16.5. The van der Waals surface area contributed by atoms with E-state index in [4.69, 9.17) is 9.47 Å². The summed E-state index contributed by atoms with van der Waals surface area (Å²) in [4.78, 5) is 40.1. The van der Waals surface area contributed by atoms with Crippen LogP contribution in [0.1, 0.15) is 62.4 Å². The smallest absolute Gasteiger partial charge is 0.329 e. The van der Waals surface area contributed by atoms with Gasteiger partial charge in [-0.2, -0.15) is 0 Å². The number of imide groups is 1. The second-order valence-corrected chi connectivity index (χ2v) is 8.17. The lowest BCUT2D eigenvalue weighted by Crippen LogP contribution is -2.49. The van der Waals surface area contributed by atoms with Crippen LogP contribution in [0.4, 0.5) is 0 Å². The van der Waals surface area contributed by atoms with Gasteiger partial charge in [-0.15, -0.1) is 0 Å². The molecule has 0 aliphatic heterocycles. The third kappa shape index (κ3) is 7.74. The zero-order valence-electron chi connectivity index (χ0n) is 20.1. The van der Waals surface area contributed by atoms with Crippen LogP contribution in [0.3, 0.4) is 0 Å². The summed E-state index contributed by atoms with van der Waals surface area (Å²) in [5, 5.41) is 0. The summed E-state index contributed by atoms with van der Waals surface area (Å²) in [6.45, 7) is 5.78. The summed E-state index contributed by atoms with van der Waals surface area (Å²) in [5.74, 6) is -0.649. The zero-order valence-corrected chi connectivity index (χ0v) is 20.1. The molecule has 0 fully saturated rings. The molecule has 0 aliphatic carbocycles. The lowest BCUT2D eigenvalue weighted by atomic mass is 10.00. The maximum Gasteiger partial charge on any atom is 0.329 e. The molecule has 2 amide bonds. The van der Waals surface area contributed by atoms with E-state index in [2.05, 4.69) is 13.8 Å². The number of ether oxygens (including phenoxy) is 2. The van der Waals surface area contributed by atoms with E-state index in [1.165, 1.54) is 6.92 Å². The van der Waals surface area contributed by atoms with Gasteiger partial charge in [0, 0.05) is 18.9 Å². The number of esters is 1. The Morgan fingerprint density at radius 2 is 1.64 bits per heavy atom. The van der Waals surface area contributed by atoms with Gasteiger partial charge in [0.15, 0.2) is 0 Å². The van der Waals surface area contributed by atoms with Crippen molar-refractivity contribution in [3.8, 4) is 5.75 Å². The molecule has 33 heavy (non-hydrogen) atoms. The highest BCUT2D eigenvalue weighted by molar-refractivity contribution is 6.06. The van der Waals surface area contributed by atoms with E-state index in [0.29, 0.717) is 11.3 Å². The largest absolute Gasteiger partial charge is 0.497 e. The van der Waals surface area contributed by atoms with Gasteiger partial charge in [0.05, 0.1) is 13.7 Å². The fourth-order valence-corrected chi connectivity index (χ4v) is 3.68. The standard InChI is InChI=1S/C27H35NO5/c1-5-7-11-21(6-2)19-33-27(31)25(18-22-14-16-24(32-4)17-15-22)28(20(3)29)26(30)23-12-9-8-10-13-23/h8-10,12-17,21,25H,5-7,11,18-19H2,1-4H3. The van der Waals surface area contributed by atoms with Crippen LogP contribution in [0.5, 0.6) is 5.75 Å². The monoisotopic (exact) mass is 453 g/mol. The number of unbranched alkanes of at least 4 members (excludes halogenated alkanes) is 1. The molecule has 2 atom stereocenters. The van der Waals surface area contributed by atoms with Gasteiger partial charge < -0.3 is 9.47 Å². The van der Waals surface area contributed by atoms with Gasteiger partial charge >= 0.3 is 5.97 Å². The van der Waals surface area contributed by atoms with Gasteiger partial charge in [-0.1, -0.05) is 63.4 Å². The second-order valence-electron chi connectivity index (χ2n) is 8.17. The van der Waals surface area contributed by atoms with Crippen LogP contribution in [0.15, 0.2) is 54.6 Å². The Kier molecular flexibility index (Phi) is 10.6. The summed E-state index contributed by atoms with van der Waals surface area (Å²) in [6.07, 6.45) is 4.18. The van der Waals surface area contributed by atoms with Crippen molar-refractivity contribution in [1.82, 2.24) is 4.90 Å². The van der Waals surface area contributed by atoms with E-state index in [1.54, 1.807) is 49.6 Å². The molecule has 2 aromatic carbocycles. The van der Waals surface area contributed by atoms with E-state index in [-0.39, 0.29) is 18.9 Å². The lowest BCUT2D eigenvalue weighted by molar-refractivity contribution is -0.154. The zero-order chi connectivity index (χ0) is 24.2. The van der Waals surface area contributed by atoms with Gasteiger partial charge in [-0.3, -0.25) is 14.5 Å². The predicted octanol–water partition coefficient (Wildman–Crippen LogP) is 5.05. The van der Waals surface area contributed by atoms with E-state index < -0.39 is 23.8 Å². The number of hydrogen-bond donors (Lipinski definition) is 0. The molecular formula is C27H35NO5. The van der Waals surface area contributed by atoms with Crippen molar-refractivity contribution in [3.63, 3.8) is 0 Å². The van der Waals surface area contributed by atoms with Crippen LogP contribution >= 0.6 is 0 Å². The molecule has 2 unspecified atom stereocenters. The van der Waals surface area contributed by atoms with Gasteiger partial charge in [0.25, 0.3) is 5.91 Å². The summed E-state index contributed by atoms with van der Waals surface area (Å²) in [6, 6.07) is 14.6. The van der Waals surface area contributed by atoms with Crippen molar-refractivity contribution in [1.29, 1.82) is 0 Å². The van der Waals surface area contributed by atoms with Gasteiger partial charge in [-0.05, 0) is 42.2 Å². The molecule has 0 radical (unpaired) electrons. The van der Waals surface area contributed by atoms with Crippen LogP contribution in [0, 0.1) is 5.92 Å². The van der Waals surface area contributed by atoms with Crippen molar-refractivity contribution in [2.75, 3.05) is 13.7 Å². The molecular weight excluding hydrogens is 418 g/mol. The number of methoxy groups -OCH3 is 1. The summed E-state index contributed by atoms with van der Waals surface area (Å²) in [5.41, 5.74) is 1.14. The fourth-order valence-electron chi connectivity index (χ4n) is 3.68. The number of nitrogens with zero attached hydrogens (tertiary/aromatic N) is 1. The van der Waals surface area contributed by atoms with Gasteiger partial charge in [-0.25, -0.2) is 4.79 Å². The molecule has 0 N–H and O–H groups in total. The minimum Gasteiger partial charge on any atom is -0.497 e. The van der Waals surface area contributed by atoms with Crippen LogP contribution in [-0.2, 0) is 20.7 Å². The first-order chi connectivity index (χ1) is 15.9. The lowest BCUT2D eigenvalue weighted by Gasteiger charge is -2.28. The van der Waals surface area contributed by atoms with Crippen molar-refractivity contribution in [3.05, 3.63) is 65.7 Å². The number of rotatable bonds is 12. The van der Waals surface area contributed by atoms with E-state index in [0.717, 1.165) is 36.1 Å². The molecule has 2 rings (SSSR count). The number of amides is 2. The average Bonchev–Trinajstić information content (AvgIpc) is 2.84. The molecule has 6 nitrogen and oxygen atoms in total. The molecule has 0 aliphatic rings. The third-order valence-electron chi connectivity index (χ3n) is 5.76. The second kappa shape index (κ2) is 13.4. The summed E-state index contributed by atoms with van der Waals surface area (Å²) in [7, 11) is 1.58. The minimum atomic E-state index is -1.06. The Bertz CT molecular complexity index is 894. The van der Waals surface area contributed by atoms with Crippen molar-refractivity contribution in [2.45, 2.75) is 58.9 Å². The van der Waals surface area contributed by atoms with Crippen molar-refractivity contribution in [2.24, 2.45) is 5.92 Å². The summed E-state index contributed by atoms with van der Waals surface area (Å²) < 4.78 is 10.9. The quantitative estimate of drug-likeness (QED) is 0.420. The molecule has 0 saturated heterocycles. The first-order valence-corrected chi connectivity index (χ1v) is 11.6. The van der Waals surface area contributed by atoms with Crippen LogP contribution in [-0.4, -0.2) is 42.4 Å². The SMILES string of the molecule is CCCCC(CC)COC(=O)C(Cc1ccc(OC)cc1)N(C(C)=O)C(=O)c1ccccc1. The highest BCUT2D eigenvalue weighted by Gasteiger charge is 2.35. The predicted molar refractivity (Wildman–Crippen MR) is 128 cm³/mol. The molecule has 0 spiro atoms. The Morgan fingerprint density at radius 3 is 2.18 bits per heavy atom. The maximum absolute atomic E-state index is 13.3. The molecule has 0 bridgehead atoms. The van der Waals surface area contributed by atoms with Crippen LogP contribution < -0.4 is 4.74 Å². The van der Waals surface area contributed by atoms with Gasteiger partial charge in [0.2, 0.25) is 5.91 Å². The van der Waals surface area contributed by atoms with Crippen molar-refractivity contribution >= 4 is 17.8 Å². The van der Waals surface area contributed by atoms with Crippen LogP contribution in [0.2, 0.25) is 0 Å². The maximum atomic E-state index is 13.3. The number of carbonyl (C=O) groups excluding carboxylic acids is 3. The Hall–Kier alpha value is -3.15. The Morgan fingerprint density at radius 1 is 0.970 bits per heavy atom. The molecule has 2 aromatic rings. The topological polar surface area (TPSA) is 72.9 Å². The average molecular weight is 454 g/mol. The fraction of sp³-hybridized carbons (Fsp3) is 0.444. The number of carbonyl (C=O) groups is 3. The molecule has 0 aromatic heterocycles. The first kappa shape index (κ1) is 26.1. The molecule has 0 heterocycles. The van der Waals surface area contributed by atoms with Crippen molar-refractivity contribution < 1.29 is 23.9 Å². The van der Waals surface area contributed by atoms with E-state index in [9.17, 15) is 14.4 Å². The van der Waals surface area contributed by atoms with E-state index >= 15 is 0 Å². The Balaban J connectivity index is 2.31. The van der Waals surface area contributed by atoms with Gasteiger partial charge in [0.1, 0.15) is 11.8 Å². The number of benzene rings is 2. The summed E-state index contributed by atoms with van der Waals surface area (Å²) >= 11 is 0. The Labute approximate surface area is 196 Å². The third-order valence-corrected chi connectivity index (χ3v) is 5.76. The highest BCUT2D eigenvalue weighted by Crippen LogP contribution is 2.19. The molecule has 6 heteroatoms. The molecule has 0 saturated carbocycles. The van der Waals surface area contributed by atoms with E-state index in [1.807, 2.05) is 12.1 Å². The number of hydrogen-bond acceptors (Lipinski definition) is 5. The molecule has 178 valence electrons. The normalized spacial score (nSPS) is 12.5. The minimum absolute atomic E-state index is 0.159.